The number of hydrogen-bond donors (Lipinski definition) is 0. The van der Waals surface area contributed by atoms with Crippen molar-refractivity contribution in [3.05, 3.63) is 54.1 Å². The number of nitrogens with zero attached hydrogens (tertiary/aromatic N) is 3. The summed E-state index contributed by atoms with van der Waals surface area (Å²) in [6.45, 7) is 2.62. The van der Waals surface area contributed by atoms with Crippen LogP contribution >= 0.6 is 11.3 Å². The Morgan fingerprint density at radius 1 is 1.13 bits per heavy atom. The molecular formula is C24H27N3O2S. The third-order valence-corrected chi connectivity index (χ3v) is 7.44. The van der Waals surface area contributed by atoms with Gasteiger partial charge in [-0.25, -0.2) is 4.98 Å². The molecule has 156 valence electrons. The Labute approximate surface area is 181 Å². The van der Waals surface area contributed by atoms with Crippen LogP contribution in [-0.4, -0.2) is 45.9 Å². The lowest BCUT2D eigenvalue weighted by atomic mass is 9.95. The van der Waals surface area contributed by atoms with Crippen molar-refractivity contribution < 1.29 is 9.53 Å². The number of fused-ring (bicyclic) bond motifs is 3. The first-order valence-corrected chi connectivity index (χ1v) is 11.5. The molecule has 2 bridgehead atoms. The second-order valence-corrected chi connectivity index (χ2v) is 9.54. The maximum absolute atomic E-state index is 11.9. The molecule has 1 amide bonds. The zero-order valence-electron chi connectivity index (χ0n) is 17.5. The quantitative estimate of drug-likeness (QED) is 0.577. The number of rotatable bonds is 5. The van der Waals surface area contributed by atoms with Crippen molar-refractivity contribution in [2.24, 2.45) is 0 Å². The molecule has 2 fully saturated rings. The highest BCUT2D eigenvalue weighted by Gasteiger charge is 2.42. The average Bonchev–Trinajstić information content (AvgIpc) is 3.26. The van der Waals surface area contributed by atoms with Crippen molar-refractivity contribution in [3.8, 4) is 10.9 Å². The lowest BCUT2D eigenvalue weighted by molar-refractivity contribution is -0.134. The SMILES string of the molecule is CC(=O)N1[C@@H]2CC[C@H]1C[C@@H](N(C)Cc1ccc(Oc3nc4ccccc4s3)cc1)C2. The Kier molecular flexibility index (Phi) is 5.21. The van der Waals surface area contributed by atoms with E-state index >= 15 is 0 Å². The maximum atomic E-state index is 11.9. The molecule has 3 heterocycles. The van der Waals surface area contributed by atoms with Gasteiger partial charge in [-0.05, 0) is 62.6 Å². The number of amides is 1. The van der Waals surface area contributed by atoms with Gasteiger partial charge in [0.2, 0.25) is 5.91 Å². The minimum absolute atomic E-state index is 0.243. The van der Waals surface area contributed by atoms with Crippen LogP contribution in [0.5, 0.6) is 10.9 Å². The predicted octanol–water partition coefficient (Wildman–Crippen LogP) is 5.06. The molecule has 0 unspecified atom stereocenters. The van der Waals surface area contributed by atoms with Gasteiger partial charge in [-0.1, -0.05) is 35.6 Å². The molecule has 0 aliphatic carbocycles. The van der Waals surface area contributed by atoms with E-state index in [4.69, 9.17) is 4.74 Å². The molecule has 3 atom stereocenters. The molecule has 30 heavy (non-hydrogen) atoms. The second-order valence-electron chi connectivity index (χ2n) is 8.55. The summed E-state index contributed by atoms with van der Waals surface area (Å²) in [5.74, 6) is 1.06. The number of ether oxygens (including phenoxy) is 1. The van der Waals surface area contributed by atoms with E-state index < -0.39 is 0 Å². The van der Waals surface area contributed by atoms with Crippen molar-refractivity contribution in [1.29, 1.82) is 0 Å². The molecule has 2 aromatic carbocycles. The summed E-state index contributed by atoms with van der Waals surface area (Å²) < 4.78 is 7.10. The fourth-order valence-electron chi connectivity index (χ4n) is 5.10. The number of hydrogen-bond acceptors (Lipinski definition) is 5. The molecule has 2 saturated heterocycles. The van der Waals surface area contributed by atoms with Crippen molar-refractivity contribution in [3.63, 3.8) is 0 Å². The first-order valence-electron chi connectivity index (χ1n) is 10.7. The number of carbonyl (C=O) groups is 1. The average molecular weight is 422 g/mol. The van der Waals surface area contributed by atoms with Gasteiger partial charge in [0.05, 0.1) is 10.2 Å². The second kappa shape index (κ2) is 8.00. The minimum Gasteiger partial charge on any atom is -0.431 e. The Bertz CT molecular complexity index is 1000. The number of benzene rings is 2. The van der Waals surface area contributed by atoms with Gasteiger partial charge in [0.25, 0.3) is 5.19 Å². The van der Waals surface area contributed by atoms with Crippen LogP contribution in [0.15, 0.2) is 48.5 Å². The van der Waals surface area contributed by atoms with Crippen LogP contribution in [0.1, 0.15) is 38.2 Å². The summed E-state index contributed by atoms with van der Waals surface area (Å²) in [7, 11) is 2.21. The van der Waals surface area contributed by atoms with Gasteiger partial charge in [-0.3, -0.25) is 9.69 Å². The van der Waals surface area contributed by atoms with Crippen LogP contribution in [0.3, 0.4) is 0 Å². The first-order chi connectivity index (χ1) is 14.6. The number of para-hydroxylation sites is 1. The summed E-state index contributed by atoms with van der Waals surface area (Å²) in [4.78, 5) is 21.1. The first kappa shape index (κ1) is 19.5. The van der Waals surface area contributed by atoms with Crippen LogP contribution in [0, 0.1) is 0 Å². The Morgan fingerprint density at radius 3 is 2.50 bits per heavy atom. The fraction of sp³-hybridized carbons (Fsp3) is 0.417. The minimum atomic E-state index is 0.243. The maximum Gasteiger partial charge on any atom is 0.279 e. The summed E-state index contributed by atoms with van der Waals surface area (Å²) >= 11 is 1.56. The largest absolute Gasteiger partial charge is 0.431 e. The van der Waals surface area contributed by atoms with E-state index in [1.807, 2.05) is 30.3 Å². The Balaban J connectivity index is 1.20. The van der Waals surface area contributed by atoms with E-state index in [9.17, 15) is 4.79 Å². The van der Waals surface area contributed by atoms with Gasteiger partial charge in [-0.2, -0.15) is 0 Å². The lowest BCUT2D eigenvalue weighted by Gasteiger charge is -2.42. The van der Waals surface area contributed by atoms with Gasteiger partial charge in [0, 0.05) is 31.6 Å². The van der Waals surface area contributed by atoms with Crippen molar-refractivity contribution in [2.45, 2.75) is 57.3 Å². The van der Waals surface area contributed by atoms with Gasteiger partial charge < -0.3 is 9.64 Å². The summed E-state index contributed by atoms with van der Waals surface area (Å²) in [5.41, 5.74) is 2.25. The number of aromatic nitrogens is 1. The van der Waals surface area contributed by atoms with Crippen LogP contribution in [0.4, 0.5) is 0 Å². The summed E-state index contributed by atoms with van der Waals surface area (Å²) in [6, 6.07) is 17.8. The van der Waals surface area contributed by atoms with E-state index in [1.165, 1.54) is 5.56 Å². The molecule has 2 aliphatic rings. The lowest BCUT2D eigenvalue weighted by Crippen LogP contribution is -2.51. The molecule has 0 radical (unpaired) electrons. The molecule has 0 spiro atoms. The fourth-order valence-corrected chi connectivity index (χ4v) is 5.93. The Hall–Kier alpha value is -2.44. The molecule has 0 N–H and O–H groups in total. The Morgan fingerprint density at radius 2 is 1.83 bits per heavy atom. The molecule has 3 aromatic rings. The normalized spacial score (nSPS) is 23.3. The van der Waals surface area contributed by atoms with Crippen molar-refractivity contribution in [2.75, 3.05) is 7.05 Å². The van der Waals surface area contributed by atoms with Crippen molar-refractivity contribution >= 4 is 27.5 Å². The molecule has 1 aromatic heterocycles. The van der Waals surface area contributed by atoms with E-state index in [0.717, 1.165) is 48.2 Å². The van der Waals surface area contributed by atoms with E-state index in [0.29, 0.717) is 23.3 Å². The molecule has 2 aliphatic heterocycles. The summed E-state index contributed by atoms with van der Waals surface area (Å²) in [5, 5.41) is 0.675. The van der Waals surface area contributed by atoms with E-state index in [1.54, 1.807) is 18.3 Å². The standard InChI is InChI=1S/C24H27N3O2S/c1-16(28)27-18-9-10-19(27)14-20(13-18)26(2)15-17-7-11-21(12-8-17)29-24-25-22-5-3-4-6-23(22)30-24/h3-8,11-12,18-20H,9-10,13-15H2,1-2H3/t18-,19+,20+. The zero-order chi connectivity index (χ0) is 20.7. The zero-order valence-corrected chi connectivity index (χ0v) is 18.3. The summed E-state index contributed by atoms with van der Waals surface area (Å²) in [6.07, 6.45) is 4.50. The number of carbonyl (C=O) groups excluding carboxylic acids is 1. The molecular weight excluding hydrogens is 394 g/mol. The van der Waals surface area contributed by atoms with E-state index in [2.05, 4.69) is 40.0 Å². The van der Waals surface area contributed by atoms with Gasteiger partial charge in [-0.15, -0.1) is 0 Å². The van der Waals surface area contributed by atoms with Crippen LogP contribution in [0.25, 0.3) is 10.2 Å². The van der Waals surface area contributed by atoms with Crippen molar-refractivity contribution in [1.82, 2.24) is 14.8 Å². The molecule has 5 rings (SSSR count). The smallest absolute Gasteiger partial charge is 0.279 e. The molecule has 6 heteroatoms. The van der Waals surface area contributed by atoms with E-state index in [-0.39, 0.29) is 5.91 Å². The number of piperidine rings is 1. The van der Waals surface area contributed by atoms with Gasteiger partial charge in [0.15, 0.2) is 0 Å². The number of thiazole rings is 1. The third kappa shape index (κ3) is 3.82. The van der Waals surface area contributed by atoms with Crippen LogP contribution in [-0.2, 0) is 11.3 Å². The third-order valence-electron chi connectivity index (χ3n) is 6.53. The van der Waals surface area contributed by atoms with Gasteiger partial charge >= 0.3 is 0 Å². The molecule has 5 nitrogen and oxygen atoms in total. The van der Waals surface area contributed by atoms with Gasteiger partial charge in [0.1, 0.15) is 5.75 Å². The highest BCUT2D eigenvalue weighted by Crippen LogP contribution is 2.38. The highest BCUT2D eigenvalue weighted by atomic mass is 32.1. The monoisotopic (exact) mass is 421 g/mol. The predicted molar refractivity (Wildman–Crippen MR) is 120 cm³/mol. The topological polar surface area (TPSA) is 45.7 Å². The van der Waals surface area contributed by atoms with Crippen LogP contribution < -0.4 is 4.74 Å². The highest BCUT2D eigenvalue weighted by molar-refractivity contribution is 7.20. The molecule has 0 saturated carbocycles. The van der Waals surface area contributed by atoms with Crippen LogP contribution in [0.2, 0.25) is 0 Å².